The fraction of sp³-hybridized carbons (Fsp3) is 0.385. The summed E-state index contributed by atoms with van der Waals surface area (Å²) in [6.07, 6.45) is 2.36. The average molecular weight is 467 g/mol. The lowest BCUT2D eigenvalue weighted by Crippen LogP contribution is -2.39. The number of hydrogen-bond donors (Lipinski definition) is 1. The van der Waals surface area contributed by atoms with E-state index in [1.807, 2.05) is 12.1 Å². The molecule has 0 aliphatic carbocycles. The van der Waals surface area contributed by atoms with E-state index in [-0.39, 0.29) is 11.3 Å². The van der Waals surface area contributed by atoms with Gasteiger partial charge in [0.25, 0.3) is 5.91 Å². The van der Waals surface area contributed by atoms with E-state index in [4.69, 9.17) is 13.9 Å². The highest BCUT2D eigenvalue weighted by molar-refractivity contribution is 6.15. The van der Waals surface area contributed by atoms with Crippen molar-refractivity contribution in [2.45, 2.75) is 19.4 Å². The Morgan fingerprint density at radius 3 is 2.56 bits per heavy atom. The van der Waals surface area contributed by atoms with Crippen LogP contribution in [0.25, 0.3) is 0 Å². The number of morpholine rings is 1. The molecule has 1 aromatic heterocycles. The maximum Gasteiger partial charge on any atom is 0.290 e. The molecule has 2 aliphatic heterocycles. The third-order valence-corrected chi connectivity index (χ3v) is 6.05. The molecule has 8 heteroatoms. The van der Waals surface area contributed by atoms with Gasteiger partial charge in [0.15, 0.2) is 11.5 Å². The quantitative estimate of drug-likeness (QED) is 0.423. The van der Waals surface area contributed by atoms with Gasteiger partial charge in [-0.05, 0) is 43.2 Å². The first-order chi connectivity index (χ1) is 16.5. The number of nitrogens with zero attached hydrogens (tertiary/aromatic N) is 2. The summed E-state index contributed by atoms with van der Waals surface area (Å²) < 4.78 is 16.5. The van der Waals surface area contributed by atoms with Gasteiger partial charge in [-0.1, -0.05) is 24.8 Å². The normalized spacial score (nSPS) is 19.0. The van der Waals surface area contributed by atoms with Crippen molar-refractivity contribution >= 4 is 11.7 Å². The number of amides is 1. The van der Waals surface area contributed by atoms with E-state index in [1.54, 1.807) is 42.2 Å². The largest absolute Gasteiger partial charge is 0.503 e. The van der Waals surface area contributed by atoms with Crippen LogP contribution in [-0.4, -0.2) is 72.6 Å². The fourth-order valence-corrected chi connectivity index (χ4v) is 4.34. The second-order valence-corrected chi connectivity index (χ2v) is 8.38. The standard InChI is InChI=1S/C26H30N2O6/c1-3-15-33-20-8-6-19(7-9-20)23-22(24(29)21-10-5-18(2)34-21)25(30)26(31)28(23)12-4-11-27-13-16-32-17-14-27/h3,5-10,23,30H,1,4,11-17H2,2H3. The van der Waals surface area contributed by atoms with Crippen LogP contribution in [0, 0.1) is 6.92 Å². The zero-order valence-electron chi connectivity index (χ0n) is 19.4. The van der Waals surface area contributed by atoms with Gasteiger partial charge in [-0.2, -0.15) is 0 Å². The topological polar surface area (TPSA) is 92.5 Å². The second-order valence-electron chi connectivity index (χ2n) is 8.38. The molecule has 1 amide bonds. The predicted molar refractivity (Wildman–Crippen MR) is 126 cm³/mol. The molecule has 180 valence electrons. The van der Waals surface area contributed by atoms with Crippen molar-refractivity contribution in [2.24, 2.45) is 0 Å². The van der Waals surface area contributed by atoms with Crippen LogP contribution >= 0.6 is 0 Å². The van der Waals surface area contributed by atoms with E-state index < -0.39 is 23.5 Å². The smallest absolute Gasteiger partial charge is 0.290 e. The second kappa shape index (κ2) is 10.7. The molecule has 1 N–H and O–H groups in total. The minimum atomic E-state index is -0.719. The number of carbonyl (C=O) groups is 2. The lowest BCUT2D eigenvalue weighted by atomic mass is 9.95. The third-order valence-electron chi connectivity index (χ3n) is 6.05. The van der Waals surface area contributed by atoms with Gasteiger partial charge in [-0.25, -0.2) is 0 Å². The molecule has 34 heavy (non-hydrogen) atoms. The van der Waals surface area contributed by atoms with Gasteiger partial charge in [0.05, 0.1) is 24.8 Å². The number of hydrogen-bond acceptors (Lipinski definition) is 7. The highest BCUT2D eigenvalue weighted by atomic mass is 16.5. The number of benzene rings is 1. The molecule has 1 unspecified atom stereocenters. The number of ketones is 1. The van der Waals surface area contributed by atoms with Crippen molar-refractivity contribution < 1.29 is 28.6 Å². The van der Waals surface area contributed by atoms with Crippen molar-refractivity contribution in [3.05, 3.63) is 77.5 Å². The maximum absolute atomic E-state index is 13.3. The first-order valence-corrected chi connectivity index (χ1v) is 11.5. The molecule has 4 rings (SSSR count). The zero-order chi connectivity index (χ0) is 24.1. The molecular formula is C26H30N2O6. The van der Waals surface area contributed by atoms with Gasteiger partial charge >= 0.3 is 0 Å². The van der Waals surface area contributed by atoms with Crippen molar-refractivity contribution in [1.29, 1.82) is 0 Å². The molecule has 1 fully saturated rings. The molecule has 2 aromatic rings. The summed E-state index contributed by atoms with van der Waals surface area (Å²) in [6.45, 7) is 10.1. The van der Waals surface area contributed by atoms with Gasteiger partial charge in [-0.15, -0.1) is 0 Å². The molecule has 1 saturated heterocycles. The lowest BCUT2D eigenvalue weighted by molar-refractivity contribution is -0.129. The molecule has 0 bridgehead atoms. The molecule has 8 nitrogen and oxygen atoms in total. The summed E-state index contributed by atoms with van der Waals surface area (Å²) >= 11 is 0. The summed E-state index contributed by atoms with van der Waals surface area (Å²) in [6, 6.07) is 9.71. The van der Waals surface area contributed by atoms with E-state index in [1.165, 1.54) is 0 Å². The van der Waals surface area contributed by atoms with Crippen LogP contribution < -0.4 is 4.74 Å². The number of furan rings is 1. The van der Waals surface area contributed by atoms with Crippen LogP contribution in [0.2, 0.25) is 0 Å². The van der Waals surface area contributed by atoms with Gasteiger partial charge in [0.2, 0.25) is 5.78 Å². The van der Waals surface area contributed by atoms with E-state index in [0.717, 1.165) is 19.6 Å². The van der Waals surface area contributed by atoms with Crippen LogP contribution in [-0.2, 0) is 9.53 Å². The molecule has 0 spiro atoms. The summed E-state index contributed by atoms with van der Waals surface area (Å²) in [5.74, 6) is -0.248. The molecular weight excluding hydrogens is 436 g/mol. The molecule has 0 radical (unpaired) electrons. The minimum Gasteiger partial charge on any atom is -0.503 e. The monoisotopic (exact) mass is 466 g/mol. The third kappa shape index (κ3) is 5.08. The van der Waals surface area contributed by atoms with Gasteiger partial charge in [0, 0.05) is 26.2 Å². The van der Waals surface area contributed by atoms with Crippen LogP contribution in [0.15, 0.2) is 64.8 Å². The molecule has 1 aromatic carbocycles. The summed E-state index contributed by atoms with van der Waals surface area (Å²) in [5.41, 5.74) is 0.742. The summed E-state index contributed by atoms with van der Waals surface area (Å²) in [5, 5.41) is 10.8. The Morgan fingerprint density at radius 1 is 1.18 bits per heavy atom. The number of aliphatic hydroxyl groups is 1. The highest BCUT2D eigenvalue weighted by Gasteiger charge is 2.44. The van der Waals surface area contributed by atoms with E-state index in [9.17, 15) is 14.7 Å². The van der Waals surface area contributed by atoms with Crippen LogP contribution in [0.3, 0.4) is 0 Å². The van der Waals surface area contributed by atoms with Crippen molar-refractivity contribution in [1.82, 2.24) is 9.80 Å². The van der Waals surface area contributed by atoms with Crippen molar-refractivity contribution in [3.63, 3.8) is 0 Å². The Hall–Kier alpha value is -3.36. The van der Waals surface area contributed by atoms with Crippen molar-refractivity contribution in [2.75, 3.05) is 46.0 Å². The van der Waals surface area contributed by atoms with E-state index in [0.29, 0.717) is 49.9 Å². The fourth-order valence-electron chi connectivity index (χ4n) is 4.34. The first kappa shape index (κ1) is 23.8. The van der Waals surface area contributed by atoms with Crippen LogP contribution in [0.5, 0.6) is 5.75 Å². The molecule has 2 aliphatic rings. The van der Waals surface area contributed by atoms with Gasteiger partial charge < -0.3 is 23.9 Å². The van der Waals surface area contributed by atoms with Gasteiger partial charge in [0.1, 0.15) is 18.1 Å². The van der Waals surface area contributed by atoms with E-state index >= 15 is 0 Å². The Labute approximate surface area is 199 Å². The Bertz CT molecular complexity index is 1070. The average Bonchev–Trinajstić information content (AvgIpc) is 3.40. The predicted octanol–water partition coefficient (Wildman–Crippen LogP) is 3.45. The Balaban J connectivity index is 1.60. The first-order valence-electron chi connectivity index (χ1n) is 11.5. The molecule has 0 saturated carbocycles. The zero-order valence-corrected chi connectivity index (χ0v) is 19.4. The number of ether oxygens (including phenoxy) is 2. The number of aryl methyl sites for hydroxylation is 1. The lowest BCUT2D eigenvalue weighted by Gasteiger charge is -2.30. The molecule has 1 atom stereocenters. The minimum absolute atomic E-state index is 0.0329. The number of carbonyl (C=O) groups excluding carboxylic acids is 2. The number of Topliss-reactive ketones (excluding diaryl/α,β-unsaturated/α-hetero) is 1. The molecule has 3 heterocycles. The summed E-state index contributed by atoms with van der Waals surface area (Å²) in [4.78, 5) is 30.3. The van der Waals surface area contributed by atoms with Crippen LogP contribution in [0.1, 0.15) is 34.3 Å². The van der Waals surface area contributed by atoms with Gasteiger partial charge in [-0.3, -0.25) is 14.5 Å². The van der Waals surface area contributed by atoms with E-state index in [2.05, 4.69) is 11.5 Å². The maximum atomic E-state index is 13.3. The van der Waals surface area contributed by atoms with Crippen LogP contribution in [0.4, 0.5) is 0 Å². The highest BCUT2D eigenvalue weighted by Crippen LogP contribution is 2.39. The van der Waals surface area contributed by atoms with Crippen molar-refractivity contribution in [3.8, 4) is 5.75 Å². The SMILES string of the molecule is C=CCOc1ccc(C2C(C(=O)c3ccc(C)o3)=C(O)C(=O)N2CCCN2CCOCC2)cc1. The Kier molecular flexibility index (Phi) is 7.49. The summed E-state index contributed by atoms with van der Waals surface area (Å²) in [7, 11) is 0. The Morgan fingerprint density at radius 2 is 1.91 bits per heavy atom. The number of rotatable bonds is 10. The number of aliphatic hydroxyl groups excluding tert-OH is 1.